The fourth-order valence-electron chi connectivity index (χ4n) is 2.81. The maximum absolute atomic E-state index is 14.2. The van der Waals surface area contributed by atoms with Crippen LogP contribution in [0.15, 0.2) is 47.9 Å². The maximum atomic E-state index is 14.2. The number of hydrogen-bond donors (Lipinski definition) is 2. The van der Waals surface area contributed by atoms with Crippen LogP contribution in [0.4, 0.5) is 10.1 Å². The number of allylic oxidation sites excluding steroid dienone is 1. The fourth-order valence-corrected chi connectivity index (χ4v) is 2.81. The highest BCUT2D eigenvalue weighted by molar-refractivity contribution is 5.75. The highest BCUT2D eigenvalue weighted by Gasteiger charge is 2.20. The molecule has 0 spiro atoms. The summed E-state index contributed by atoms with van der Waals surface area (Å²) in [7, 11) is 3.43. The molecule has 0 bridgehead atoms. The first kappa shape index (κ1) is 16.1. The van der Waals surface area contributed by atoms with Gasteiger partial charge in [0.25, 0.3) is 0 Å². The molecule has 2 aromatic rings. The molecule has 0 atom stereocenters. The number of methoxy groups -OCH3 is 1. The number of ether oxygens (including phenoxy) is 1. The molecule has 1 aliphatic heterocycles. The summed E-state index contributed by atoms with van der Waals surface area (Å²) in [6.45, 7) is 2.73. The third-order valence-corrected chi connectivity index (χ3v) is 3.99. The summed E-state index contributed by atoms with van der Waals surface area (Å²) in [5, 5.41) is 10.8. The quantitative estimate of drug-likeness (QED) is 0.884. The van der Waals surface area contributed by atoms with E-state index in [4.69, 9.17) is 4.74 Å². The van der Waals surface area contributed by atoms with Gasteiger partial charge in [0.1, 0.15) is 11.6 Å². The van der Waals surface area contributed by atoms with E-state index >= 15 is 0 Å². The molecule has 24 heavy (non-hydrogen) atoms. The van der Waals surface area contributed by atoms with Crippen molar-refractivity contribution in [2.75, 3.05) is 19.0 Å². The Labute approximate surface area is 140 Å². The van der Waals surface area contributed by atoms with E-state index in [0.29, 0.717) is 17.9 Å². The number of aryl methyl sites for hydroxylation is 1. The van der Waals surface area contributed by atoms with Crippen LogP contribution < -0.4 is 15.4 Å². The lowest BCUT2D eigenvalue weighted by atomic mass is 10.1. The molecule has 3 rings (SSSR count). The summed E-state index contributed by atoms with van der Waals surface area (Å²) in [5.74, 6) is 0.223. The largest absolute Gasteiger partial charge is 0.496 e. The van der Waals surface area contributed by atoms with E-state index in [1.54, 1.807) is 30.1 Å². The maximum Gasteiger partial charge on any atom is 0.136 e. The van der Waals surface area contributed by atoms with Gasteiger partial charge >= 0.3 is 0 Å². The predicted octanol–water partition coefficient (Wildman–Crippen LogP) is 3.29. The van der Waals surface area contributed by atoms with Crippen molar-refractivity contribution >= 4 is 11.4 Å². The molecule has 0 aliphatic carbocycles. The van der Waals surface area contributed by atoms with E-state index in [-0.39, 0.29) is 5.82 Å². The van der Waals surface area contributed by atoms with Gasteiger partial charge < -0.3 is 15.4 Å². The summed E-state index contributed by atoms with van der Waals surface area (Å²) in [5.41, 5.74) is 4.32. The van der Waals surface area contributed by atoms with Crippen molar-refractivity contribution < 1.29 is 9.13 Å². The molecule has 2 heterocycles. The van der Waals surface area contributed by atoms with Crippen LogP contribution in [0.1, 0.15) is 18.9 Å². The molecule has 0 saturated carbocycles. The Morgan fingerprint density at radius 1 is 1.46 bits per heavy atom. The summed E-state index contributed by atoms with van der Waals surface area (Å²) < 4.78 is 21.3. The molecule has 0 saturated heterocycles. The van der Waals surface area contributed by atoms with Gasteiger partial charge in [-0.25, -0.2) is 4.39 Å². The highest BCUT2D eigenvalue weighted by atomic mass is 19.1. The molecule has 1 aliphatic rings. The zero-order chi connectivity index (χ0) is 17.1. The summed E-state index contributed by atoms with van der Waals surface area (Å²) in [4.78, 5) is 0. The first-order valence-electron chi connectivity index (χ1n) is 7.88. The Bertz CT molecular complexity index is 807. The number of anilines is 1. The van der Waals surface area contributed by atoms with Crippen molar-refractivity contribution in [2.24, 2.45) is 7.05 Å². The van der Waals surface area contributed by atoms with Crippen molar-refractivity contribution in [1.82, 2.24) is 15.1 Å². The lowest BCUT2D eigenvalue weighted by molar-refractivity contribution is 0.409. The lowest BCUT2D eigenvalue weighted by Crippen LogP contribution is -2.11. The molecular weight excluding hydrogens is 307 g/mol. The van der Waals surface area contributed by atoms with Crippen molar-refractivity contribution in [3.05, 3.63) is 59.3 Å². The molecule has 0 amide bonds. The van der Waals surface area contributed by atoms with E-state index in [0.717, 1.165) is 29.1 Å². The van der Waals surface area contributed by atoms with Gasteiger partial charge in [0, 0.05) is 31.2 Å². The second-order valence-electron chi connectivity index (χ2n) is 5.61. The Hall–Kier alpha value is -2.76. The third kappa shape index (κ3) is 3.13. The summed E-state index contributed by atoms with van der Waals surface area (Å²) in [6, 6.07) is 4.85. The minimum Gasteiger partial charge on any atom is -0.496 e. The third-order valence-electron chi connectivity index (χ3n) is 3.99. The molecule has 2 N–H and O–H groups in total. The number of nitrogens with zero attached hydrogens (tertiary/aromatic N) is 2. The molecule has 6 heteroatoms. The molecule has 1 aromatic carbocycles. The number of nitrogens with one attached hydrogen (secondary N) is 2. The van der Waals surface area contributed by atoms with Gasteiger partial charge in [0.05, 0.1) is 24.6 Å². The second kappa shape index (κ2) is 6.78. The average Bonchev–Trinajstić information content (AvgIpc) is 3.21. The van der Waals surface area contributed by atoms with Crippen LogP contribution in [0.3, 0.4) is 0 Å². The van der Waals surface area contributed by atoms with Crippen LogP contribution in [0.2, 0.25) is 0 Å². The minimum atomic E-state index is -0.299. The molecular formula is C18H21FN4O. The van der Waals surface area contributed by atoms with Crippen LogP contribution in [0, 0.1) is 5.82 Å². The van der Waals surface area contributed by atoms with Crippen LogP contribution in [0.5, 0.6) is 5.75 Å². The smallest absolute Gasteiger partial charge is 0.136 e. The lowest BCUT2D eigenvalue weighted by Gasteiger charge is -2.10. The van der Waals surface area contributed by atoms with Crippen molar-refractivity contribution in [3.8, 4) is 5.75 Å². The molecule has 0 fully saturated rings. The Morgan fingerprint density at radius 3 is 2.96 bits per heavy atom. The second-order valence-corrected chi connectivity index (χ2v) is 5.61. The van der Waals surface area contributed by atoms with Crippen molar-refractivity contribution in [1.29, 1.82) is 0 Å². The Kier molecular flexibility index (Phi) is 4.55. The normalized spacial score (nSPS) is 15.8. The standard InChI is InChI=1S/C18H21FN4O/c1-4-15(22-13-10-21-23(2)11-13)12-8-16(20-9-12)18-14(19)6-5-7-17(18)24-3/h5-8,10-11,20,22H,4,9H2,1-3H3/b15-12-. The van der Waals surface area contributed by atoms with Gasteiger partial charge in [0.15, 0.2) is 0 Å². The number of hydrogen-bond acceptors (Lipinski definition) is 4. The number of aromatic nitrogens is 2. The number of rotatable bonds is 5. The Balaban J connectivity index is 1.94. The molecule has 1 aromatic heterocycles. The first-order chi connectivity index (χ1) is 11.6. The van der Waals surface area contributed by atoms with Crippen LogP contribution in [-0.4, -0.2) is 23.4 Å². The monoisotopic (exact) mass is 328 g/mol. The topological polar surface area (TPSA) is 51.1 Å². The van der Waals surface area contributed by atoms with E-state index in [9.17, 15) is 4.39 Å². The SMILES string of the molecule is CC/C(Nc1cnn(C)c1)=C1\C=C(c2c(F)cccc2OC)NC1. The number of benzene rings is 1. The number of halogens is 1. The Morgan fingerprint density at radius 2 is 2.29 bits per heavy atom. The molecule has 126 valence electrons. The van der Waals surface area contributed by atoms with Gasteiger partial charge in [0.2, 0.25) is 0 Å². The van der Waals surface area contributed by atoms with E-state index in [1.165, 1.54) is 6.07 Å². The van der Waals surface area contributed by atoms with Crippen molar-refractivity contribution in [2.45, 2.75) is 13.3 Å². The van der Waals surface area contributed by atoms with Crippen molar-refractivity contribution in [3.63, 3.8) is 0 Å². The molecule has 5 nitrogen and oxygen atoms in total. The zero-order valence-corrected chi connectivity index (χ0v) is 14.1. The van der Waals surface area contributed by atoms with Gasteiger partial charge in [-0.15, -0.1) is 0 Å². The molecule has 0 radical (unpaired) electrons. The van der Waals surface area contributed by atoms with E-state index < -0.39 is 0 Å². The van der Waals surface area contributed by atoms with Gasteiger partial charge in [-0.05, 0) is 30.2 Å². The summed E-state index contributed by atoms with van der Waals surface area (Å²) >= 11 is 0. The zero-order valence-electron chi connectivity index (χ0n) is 14.1. The first-order valence-corrected chi connectivity index (χ1v) is 7.88. The fraction of sp³-hybridized carbons (Fsp3) is 0.278. The predicted molar refractivity (Wildman–Crippen MR) is 93.1 cm³/mol. The highest BCUT2D eigenvalue weighted by Crippen LogP contribution is 2.31. The van der Waals surface area contributed by atoms with Gasteiger partial charge in [-0.3, -0.25) is 4.68 Å². The van der Waals surface area contributed by atoms with E-state index in [1.807, 2.05) is 19.3 Å². The summed E-state index contributed by atoms with van der Waals surface area (Å²) in [6.07, 6.45) is 6.51. The molecule has 0 unspecified atom stereocenters. The van der Waals surface area contributed by atoms with E-state index in [2.05, 4.69) is 22.7 Å². The average molecular weight is 328 g/mol. The van der Waals surface area contributed by atoms with Crippen LogP contribution in [-0.2, 0) is 7.05 Å². The van der Waals surface area contributed by atoms with Gasteiger partial charge in [-0.1, -0.05) is 13.0 Å². The van der Waals surface area contributed by atoms with Crippen LogP contribution in [0.25, 0.3) is 5.70 Å². The minimum absolute atomic E-state index is 0.299. The van der Waals surface area contributed by atoms with Crippen LogP contribution >= 0.6 is 0 Å². The van der Waals surface area contributed by atoms with Gasteiger partial charge in [-0.2, -0.15) is 5.10 Å².